The van der Waals surface area contributed by atoms with Gasteiger partial charge in [-0.3, -0.25) is 24.0 Å². The van der Waals surface area contributed by atoms with E-state index in [1.807, 2.05) is 0 Å². The molecule has 4 amide bonds. The van der Waals surface area contributed by atoms with Gasteiger partial charge in [0, 0.05) is 12.8 Å². The third-order valence-electron chi connectivity index (χ3n) is 4.79. The van der Waals surface area contributed by atoms with Crippen molar-refractivity contribution in [1.82, 2.24) is 16.0 Å². The molecule has 13 nitrogen and oxygen atoms in total. The van der Waals surface area contributed by atoms with Gasteiger partial charge in [-0.1, -0.05) is 13.8 Å². The summed E-state index contributed by atoms with van der Waals surface area (Å²) in [5.74, 6) is -5.41. The molecule has 0 fully saturated rings. The van der Waals surface area contributed by atoms with Crippen LogP contribution in [0.4, 0.5) is 0 Å². The van der Waals surface area contributed by atoms with Crippen molar-refractivity contribution in [1.29, 1.82) is 0 Å². The molecule has 4 unspecified atom stereocenters. The quantitative estimate of drug-likeness (QED) is 0.119. The number of hydrogen-bond acceptors (Lipinski definition) is 8. The monoisotopic (exact) mass is 505 g/mol. The van der Waals surface area contributed by atoms with Gasteiger partial charge in [-0.15, -0.1) is 0 Å². The number of aliphatic carboxylic acids is 2. The molecule has 0 rings (SSSR count). The minimum absolute atomic E-state index is 0.0239. The molecule has 0 aliphatic heterocycles. The summed E-state index contributed by atoms with van der Waals surface area (Å²) in [6.07, 6.45) is 1.01. The highest BCUT2D eigenvalue weighted by Crippen LogP contribution is 2.08. The third kappa shape index (κ3) is 12.4. The Morgan fingerprint density at radius 3 is 1.88 bits per heavy atom. The Bertz CT molecular complexity index is 748. The number of amides is 4. The van der Waals surface area contributed by atoms with Gasteiger partial charge in [0.2, 0.25) is 23.6 Å². The van der Waals surface area contributed by atoms with Crippen molar-refractivity contribution >= 4 is 47.3 Å². The topological polar surface area (TPSA) is 231 Å². The molecule has 0 aromatic heterocycles. The lowest BCUT2D eigenvalue weighted by Gasteiger charge is -2.26. The van der Waals surface area contributed by atoms with E-state index in [1.165, 1.54) is 11.8 Å². The number of carboxylic acid groups (broad SMARTS) is 2. The van der Waals surface area contributed by atoms with Gasteiger partial charge in [0.05, 0.1) is 6.04 Å². The maximum absolute atomic E-state index is 12.9. The molecule has 0 saturated heterocycles. The van der Waals surface area contributed by atoms with Crippen molar-refractivity contribution in [3.8, 4) is 0 Å². The summed E-state index contributed by atoms with van der Waals surface area (Å²) in [5.41, 5.74) is 10.8. The number of rotatable bonds is 17. The smallest absolute Gasteiger partial charge is 0.326 e. The van der Waals surface area contributed by atoms with E-state index in [4.69, 9.17) is 16.6 Å². The van der Waals surface area contributed by atoms with Gasteiger partial charge in [-0.05, 0) is 37.2 Å². The van der Waals surface area contributed by atoms with Crippen LogP contribution in [0.1, 0.15) is 46.0 Å². The molecule has 9 N–H and O–H groups in total. The molecule has 14 heteroatoms. The molecular weight excluding hydrogens is 470 g/mol. The van der Waals surface area contributed by atoms with Gasteiger partial charge in [-0.2, -0.15) is 11.8 Å². The predicted octanol–water partition coefficient (Wildman–Crippen LogP) is -1.61. The first-order valence-electron chi connectivity index (χ1n) is 10.7. The van der Waals surface area contributed by atoms with E-state index < -0.39 is 72.1 Å². The maximum atomic E-state index is 12.9. The second-order valence-electron chi connectivity index (χ2n) is 8.02. The summed E-state index contributed by atoms with van der Waals surface area (Å²) < 4.78 is 0. The minimum Gasteiger partial charge on any atom is -0.481 e. The molecule has 34 heavy (non-hydrogen) atoms. The summed E-state index contributed by atoms with van der Waals surface area (Å²) >= 11 is 1.39. The molecule has 0 saturated carbocycles. The average Bonchev–Trinajstić information content (AvgIpc) is 2.74. The zero-order valence-corrected chi connectivity index (χ0v) is 20.4. The van der Waals surface area contributed by atoms with Crippen molar-refractivity contribution in [3.05, 3.63) is 0 Å². The summed E-state index contributed by atoms with van der Waals surface area (Å²) in [6.45, 7) is 3.27. The van der Waals surface area contributed by atoms with Crippen molar-refractivity contribution in [2.75, 3.05) is 12.0 Å². The van der Waals surface area contributed by atoms with Gasteiger partial charge < -0.3 is 37.6 Å². The number of carboxylic acids is 2. The molecule has 0 heterocycles. The first-order valence-corrected chi connectivity index (χ1v) is 12.1. The van der Waals surface area contributed by atoms with Crippen LogP contribution >= 0.6 is 11.8 Å². The number of nitrogens with two attached hydrogens (primary N) is 2. The predicted molar refractivity (Wildman–Crippen MR) is 125 cm³/mol. The van der Waals surface area contributed by atoms with E-state index in [9.17, 15) is 33.9 Å². The molecule has 0 radical (unpaired) electrons. The summed E-state index contributed by atoms with van der Waals surface area (Å²) in [7, 11) is 0. The van der Waals surface area contributed by atoms with Gasteiger partial charge >= 0.3 is 11.9 Å². The number of hydrogen-bond donors (Lipinski definition) is 7. The second-order valence-corrected chi connectivity index (χ2v) is 9.00. The Labute approximate surface area is 202 Å². The van der Waals surface area contributed by atoms with Gasteiger partial charge in [0.15, 0.2) is 0 Å². The van der Waals surface area contributed by atoms with E-state index in [2.05, 4.69) is 16.0 Å². The Morgan fingerprint density at radius 1 is 0.824 bits per heavy atom. The van der Waals surface area contributed by atoms with Crippen molar-refractivity contribution in [2.24, 2.45) is 17.4 Å². The van der Waals surface area contributed by atoms with E-state index in [0.29, 0.717) is 5.75 Å². The van der Waals surface area contributed by atoms with Crippen LogP contribution in [0.3, 0.4) is 0 Å². The van der Waals surface area contributed by atoms with Crippen LogP contribution < -0.4 is 27.4 Å². The second kappa shape index (κ2) is 15.9. The molecule has 0 aromatic rings. The highest BCUT2D eigenvalue weighted by atomic mass is 32.2. The van der Waals surface area contributed by atoms with Crippen LogP contribution in [0, 0.1) is 5.92 Å². The lowest BCUT2D eigenvalue weighted by molar-refractivity contribution is -0.143. The molecule has 0 aliphatic carbocycles. The number of carbonyl (C=O) groups is 6. The summed E-state index contributed by atoms with van der Waals surface area (Å²) in [6, 6.07) is -4.78. The largest absolute Gasteiger partial charge is 0.481 e. The van der Waals surface area contributed by atoms with Crippen LogP contribution in [-0.2, 0) is 28.8 Å². The third-order valence-corrected chi connectivity index (χ3v) is 5.43. The molecule has 0 aliphatic rings. The van der Waals surface area contributed by atoms with Crippen molar-refractivity contribution in [3.63, 3.8) is 0 Å². The van der Waals surface area contributed by atoms with Crippen LogP contribution in [-0.4, -0.2) is 82.0 Å². The first-order chi connectivity index (χ1) is 15.8. The SMILES string of the molecule is CSCCC(NC(=O)C(CCC(=O)O)NC(=O)C(NC(=O)C(N)CCC(N)=O)C(C)C)C(=O)O. The lowest BCUT2D eigenvalue weighted by Crippen LogP contribution is -2.58. The van der Waals surface area contributed by atoms with Gasteiger partial charge in [0.1, 0.15) is 18.1 Å². The molecular formula is C20H35N5O8S. The zero-order valence-electron chi connectivity index (χ0n) is 19.5. The van der Waals surface area contributed by atoms with E-state index in [-0.39, 0.29) is 25.7 Å². The molecule has 194 valence electrons. The number of nitrogens with one attached hydrogen (secondary N) is 3. The molecule has 0 bridgehead atoms. The fourth-order valence-electron chi connectivity index (χ4n) is 2.79. The Kier molecular flexibility index (Phi) is 14.5. The molecule has 0 spiro atoms. The molecule has 4 atom stereocenters. The number of thioether (sulfide) groups is 1. The normalized spacial score (nSPS) is 14.4. The fraction of sp³-hybridized carbons (Fsp3) is 0.700. The molecule has 0 aromatic carbocycles. The van der Waals surface area contributed by atoms with Gasteiger partial charge in [0.25, 0.3) is 0 Å². The zero-order chi connectivity index (χ0) is 26.4. The number of primary amides is 1. The Morgan fingerprint density at radius 2 is 1.41 bits per heavy atom. The maximum Gasteiger partial charge on any atom is 0.326 e. The summed E-state index contributed by atoms with van der Waals surface area (Å²) in [4.78, 5) is 71.2. The van der Waals surface area contributed by atoms with Crippen LogP contribution in [0.15, 0.2) is 0 Å². The Hall–Kier alpha value is -2.87. The van der Waals surface area contributed by atoms with E-state index >= 15 is 0 Å². The van der Waals surface area contributed by atoms with Crippen molar-refractivity contribution in [2.45, 2.75) is 70.1 Å². The van der Waals surface area contributed by atoms with E-state index in [0.717, 1.165) is 0 Å². The highest BCUT2D eigenvalue weighted by molar-refractivity contribution is 7.98. The minimum atomic E-state index is -1.35. The number of carbonyl (C=O) groups excluding carboxylic acids is 4. The Balaban J connectivity index is 5.43. The van der Waals surface area contributed by atoms with Crippen LogP contribution in [0.2, 0.25) is 0 Å². The van der Waals surface area contributed by atoms with Crippen LogP contribution in [0.25, 0.3) is 0 Å². The first kappa shape index (κ1) is 31.1. The highest BCUT2D eigenvalue weighted by Gasteiger charge is 2.31. The lowest BCUT2D eigenvalue weighted by atomic mass is 10.0. The van der Waals surface area contributed by atoms with Crippen molar-refractivity contribution < 1.29 is 39.0 Å². The van der Waals surface area contributed by atoms with Gasteiger partial charge in [-0.25, -0.2) is 4.79 Å². The van der Waals surface area contributed by atoms with Crippen LogP contribution in [0.5, 0.6) is 0 Å². The standard InChI is InChI=1S/C20H35N5O8S/c1-10(2)16(25-17(29)11(21)4-6-14(22)26)19(31)23-12(5-7-15(27)28)18(30)24-13(20(32)33)8-9-34-3/h10-13,16H,4-9,21H2,1-3H3,(H2,22,26)(H,23,31)(H,24,30)(H,25,29)(H,27,28)(H,32,33). The summed E-state index contributed by atoms with van der Waals surface area (Å²) in [5, 5.41) is 25.5. The fourth-order valence-corrected chi connectivity index (χ4v) is 3.26. The average molecular weight is 506 g/mol. The van der Waals surface area contributed by atoms with E-state index in [1.54, 1.807) is 20.1 Å².